The summed E-state index contributed by atoms with van der Waals surface area (Å²) in [6, 6.07) is 10.9. The van der Waals surface area contributed by atoms with Gasteiger partial charge in [-0.3, -0.25) is 14.6 Å². The number of pyridine rings is 1. The Morgan fingerprint density at radius 2 is 1.66 bits per heavy atom. The van der Waals surface area contributed by atoms with Crippen molar-refractivity contribution in [1.29, 1.82) is 0 Å². The normalized spacial score (nSPS) is 11.4. The summed E-state index contributed by atoms with van der Waals surface area (Å²) in [6.45, 7) is 0.575. The molecule has 0 unspecified atom stereocenters. The fourth-order valence-corrected chi connectivity index (χ4v) is 2.57. The second-order valence-corrected chi connectivity index (χ2v) is 6.99. The van der Waals surface area contributed by atoms with Crippen molar-refractivity contribution in [2.75, 3.05) is 6.54 Å². The molecule has 0 aliphatic rings. The number of aromatic nitrogens is 1. The minimum absolute atomic E-state index is 0.0726. The van der Waals surface area contributed by atoms with E-state index in [0.29, 0.717) is 13.0 Å². The Morgan fingerprint density at radius 3 is 2.17 bits per heavy atom. The number of hydrogen-bond acceptors (Lipinski definition) is 5. The smallest absolute Gasteiger partial charge is 0.480 e. The number of nitrogens with one attached hydrogen (secondary N) is 1. The standard InChI is InChI=1S/C19H23N5O4.C2HF3O2/c20-19(21)22-10-4-7-15(18(27)28)23-17(26)14-8-9-16(25)24(12-14)11-13-5-2-1-3-6-13;3-2(4,5)1(6)7/h1-3,5-6,8-9,12,15H,4,7,10-11H2,(H,23,26)(H,27,28)(H4,20,21,22);(H,6,7)/t15-;/m0./s1. The van der Waals surface area contributed by atoms with Gasteiger partial charge < -0.3 is 31.6 Å². The Hall–Kier alpha value is -4.36. The maximum absolute atomic E-state index is 12.5. The first-order valence-electron chi connectivity index (χ1n) is 9.95. The molecule has 14 heteroatoms. The summed E-state index contributed by atoms with van der Waals surface area (Å²) >= 11 is 0. The lowest BCUT2D eigenvalue weighted by molar-refractivity contribution is -0.192. The van der Waals surface area contributed by atoms with Crippen molar-refractivity contribution in [2.45, 2.75) is 31.6 Å². The van der Waals surface area contributed by atoms with Crippen LogP contribution in [0.5, 0.6) is 0 Å². The van der Waals surface area contributed by atoms with Crippen molar-refractivity contribution in [3.8, 4) is 0 Å². The van der Waals surface area contributed by atoms with Crippen molar-refractivity contribution in [2.24, 2.45) is 16.5 Å². The highest BCUT2D eigenvalue weighted by Gasteiger charge is 2.38. The average molecular weight is 499 g/mol. The summed E-state index contributed by atoms with van der Waals surface area (Å²) in [5, 5.41) is 18.9. The molecule has 1 aromatic carbocycles. The molecule has 2 rings (SSSR count). The van der Waals surface area contributed by atoms with Crippen molar-refractivity contribution in [3.05, 3.63) is 70.1 Å². The second kappa shape index (κ2) is 13.4. The Kier molecular flexibility index (Phi) is 11.0. The molecule has 0 saturated carbocycles. The number of amides is 1. The van der Waals surface area contributed by atoms with E-state index in [1.807, 2.05) is 30.3 Å². The van der Waals surface area contributed by atoms with Crippen LogP contribution in [-0.4, -0.2) is 57.3 Å². The van der Waals surface area contributed by atoms with Gasteiger partial charge in [-0.25, -0.2) is 9.59 Å². The van der Waals surface area contributed by atoms with E-state index in [1.54, 1.807) is 0 Å². The second-order valence-electron chi connectivity index (χ2n) is 6.99. The zero-order chi connectivity index (χ0) is 26.6. The molecule has 7 N–H and O–H groups in total. The van der Waals surface area contributed by atoms with Crippen molar-refractivity contribution in [1.82, 2.24) is 9.88 Å². The van der Waals surface area contributed by atoms with Crippen LogP contribution < -0.4 is 22.3 Å². The number of aliphatic imine (C=N–C) groups is 1. The first-order chi connectivity index (χ1) is 16.3. The van der Waals surface area contributed by atoms with Crippen molar-refractivity contribution < 1.29 is 37.8 Å². The third-order valence-corrected chi connectivity index (χ3v) is 4.23. The maximum Gasteiger partial charge on any atom is 0.490 e. The van der Waals surface area contributed by atoms with E-state index in [-0.39, 0.29) is 30.0 Å². The van der Waals surface area contributed by atoms with Gasteiger partial charge in [0.2, 0.25) is 0 Å². The van der Waals surface area contributed by atoms with Gasteiger partial charge in [-0.05, 0) is 24.5 Å². The van der Waals surface area contributed by atoms with Crippen LogP contribution in [0, 0.1) is 0 Å². The number of carbonyl (C=O) groups excluding carboxylic acids is 1. The molecule has 0 aliphatic carbocycles. The van der Waals surface area contributed by atoms with Gasteiger partial charge in [0.1, 0.15) is 6.04 Å². The quantitative estimate of drug-likeness (QED) is 0.190. The average Bonchev–Trinajstić information content (AvgIpc) is 2.77. The summed E-state index contributed by atoms with van der Waals surface area (Å²) < 4.78 is 33.1. The molecular weight excluding hydrogens is 475 g/mol. The van der Waals surface area contributed by atoms with Gasteiger partial charge in [0.15, 0.2) is 5.96 Å². The van der Waals surface area contributed by atoms with Crippen LogP contribution in [0.25, 0.3) is 0 Å². The molecule has 1 amide bonds. The molecule has 0 bridgehead atoms. The highest BCUT2D eigenvalue weighted by Crippen LogP contribution is 2.13. The highest BCUT2D eigenvalue weighted by atomic mass is 19.4. The van der Waals surface area contributed by atoms with E-state index in [4.69, 9.17) is 21.4 Å². The summed E-state index contributed by atoms with van der Waals surface area (Å²) in [5.41, 5.74) is 11.3. The van der Waals surface area contributed by atoms with Crippen LogP contribution in [0.4, 0.5) is 13.2 Å². The largest absolute Gasteiger partial charge is 0.490 e. The molecule has 0 fully saturated rings. The SMILES string of the molecule is NC(N)=NCCC[C@H](NC(=O)c1ccc(=O)n(Cc2ccccc2)c1)C(=O)O.O=C(O)C(F)(F)F. The van der Waals surface area contributed by atoms with E-state index in [1.165, 1.54) is 22.9 Å². The molecule has 0 saturated heterocycles. The van der Waals surface area contributed by atoms with E-state index < -0.39 is 30.1 Å². The third-order valence-electron chi connectivity index (χ3n) is 4.23. The number of aliphatic carboxylic acids is 2. The van der Waals surface area contributed by atoms with Gasteiger partial charge in [-0.15, -0.1) is 0 Å². The number of guanidine groups is 1. The molecule has 0 radical (unpaired) electrons. The van der Waals surface area contributed by atoms with Crippen LogP contribution in [0.3, 0.4) is 0 Å². The minimum Gasteiger partial charge on any atom is -0.480 e. The molecule has 35 heavy (non-hydrogen) atoms. The molecule has 2 aromatic rings. The lowest BCUT2D eigenvalue weighted by atomic mass is 10.1. The fraction of sp³-hybridized carbons (Fsp3) is 0.286. The van der Waals surface area contributed by atoms with Crippen LogP contribution in [0.1, 0.15) is 28.8 Å². The van der Waals surface area contributed by atoms with Crippen molar-refractivity contribution >= 4 is 23.8 Å². The number of rotatable bonds is 9. The monoisotopic (exact) mass is 499 g/mol. The number of benzene rings is 1. The molecule has 1 heterocycles. The molecule has 190 valence electrons. The Balaban J connectivity index is 0.000000762. The number of nitrogens with zero attached hydrogens (tertiary/aromatic N) is 2. The Labute approximate surface area is 196 Å². The first kappa shape index (κ1) is 28.7. The maximum atomic E-state index is 12.5. The van der Waals surface area contributed by atoms with Gasteiger partial charge in [0.25, 0.3) is 11.5 Å². The van der Waals surface area contributed by atoms with Gasteiger partial charge in [0.05, 0.1) is 12.1 Å². The van der Waals surface area contributed by atoms with Gasteiger partial charge in [-0.1, -0.05) is 30.3 Å². The van der Waals surface area contributed by atoms with E-state index >= 15 is 0 Å². The Bertz CT molecular complexity index is 1100. The van der Waals surface area contributed by atoms with Gasteiger partial charge in [0, 0.05) is 18.8 Å². The Morgan fingerprint density at radius 1 is 1.06 bits per heavy atom. The van der Waals surface area contributed by atoms with Crippen LogP contribution >= 0.6 is 0 Å². The molecular formula is C21H24F3N5O6. The third kappa shape index (κ3) is 10.9. The molecule has 0 aliphatic heterocycles. The molecule has 0 spiro atoms. The minimum atomic E-state index is -5.08. The van der Waals surface area contributed by atoms with Crippen LogP contribution in [0.2, 0.25) is 0 Å². The topological polar surface area (TPSA) is 190 Å². The first-order valence-corrected chi connectivity index (χ1v) is 9.95. The predicted molar refractivity (Wildman–Crippen MR) is 119 cm³/mol. The van der Waals surface area contributed by atoms with E-state index in [0.717, 1.165) is 5.56 Å². The number of carboxylic acids is 2. The van der Waals surface area contributed by atoms with Gasteiger partial charge in [-0.2, -0.15) is 13.2 Å². The van der Waals surface area contributed by atoms with E-state index in [9.17, 15) is 32.7 Å². The fourth-order valence-electron chi connectivity index (χ4n) is 2.57. The van der Waals surface area contributed by atoms with Crippen molar-refractivity contribution in [3.63, 3.8) is 0 Å². The summed E-state index contributed by atoms with van der Waals surface area (Å²) in [6.07, 6.45) is -3.10. The molecule has 1 atom stereocenters. The number of hydrogen-bond donors (Lipinski definition) is 5. The number of halogens is 3. The number of carbonyl (C=O) groups is 3. The summed E-state index contributed by atoms with van der Waals surface area (Å²) in [7, 11) is 0. The van der Waals surface area contributed by atoms with Crippen LogP contribution in [0.15, 0.2) is 58.4 Å². The predicted octanol–water partition coefficient (Wildman–Crippen LogP) is 0.767. The number of alkyl halides is 3. The van der Waals surface area contributed by atoms with E-state index in [2.05, 4.69) is 10.3 Å². The lowest BCUT2D eigenvalue weighted by Crippen LogP contribution is -2.41. The lowest BCUT2D eigenvalue weighted by Gasteiger charge is -2.15. The zero-order valence-corrected chi connectivity index (χ0v) is 18.2. The molecule has 11 nitrogen and oxygen atoms in total. The summed E-state index contributed by atoms with van der Waals surface area (Å²) in [5.74, 6) is -4.56. The zero-order valence-electron chi connectivity index (χ0n) is 18.2. The molecule has 1 aromatic heterocycles. The number of nitrogens with two attached hydrogens (primary N) is 2. The number of carboxylic acid groups (broad SMARTS) is 2. The van der Waals surface area contributed by atoms with Gasteiger partial charge >= 0.3 is 18.1 Å². The highest BCUT2D eigenvalue weighted by molar-refractivity contribution is 5.96. The van der Waals surface area contributed by atoms with Crippen LogP contribution in [-0.2, 0) is 16.1 Å². The summed E-state index contributed by atoms with van der Waals surface area (Å²) in [4.78, 5) is 48.6.